The number of hydrogen-bond donors (Lipinski definition) is 2. The molecule has 8 heteroatoms. The molecule has 124 valence electrons. The van der Waals surface area contributed by atoms with Crippen LogP contribution in [0, 0.1) is 0 Å². The number of piperazine rings is 1. The molecule has 1 aromatic carbocycles. The van der Waals surface area contributed by atoms with E-state index in [1.54, 1.807) is 0 Å². The van der Waals surface area contributed by atoms with E-state index in [4.69, 9.17) is 5.11 Å². The Bertz CT molecular complexity index is 482. The number of nitrogens with zero attached hydrogens (tertiary/aromatic N) is 1. The van der Waals surface area contributed by atoms with Gasteiger partial charge in [0.25, 0.3) is 5.92 Å². The number of hydrogen-bond acceptors (Lipinski definition) is 4. The van der Waals surface area contributed by atoms with Gasteiger partial charge in [-0.2, -0.15) is 8.78 Å². The summed E-state index contributed by atoms with van der Waals surface area (Å²) in [6.07, 6.45) is 0. The standard InChI is InChI=1S/C14H18F4N2O2/c15-13(16)22-11-3-1-2-10(8-11)12(14(17,18)9-21)20-6-4-19-5-7-20/h1-3,8,12-13,19,21H,4-7,9H2/t12-/m0/s1. The summed E-state index contributed by atoms with van der Waals surface area (Å²) in [5, 5.41) is 12.1. The number of aliphatic hydroxyl groups excluding tert-OH is 1. The van der Waals surface area contributed by atoms with Gasteiger partial charge in [0.15, 0.2) is 0 Å². The second-order valence-corrected chi connectivity index (χ2v) is 5.06. The maximum absolute atomic E-state index is 14.2. The summed E-state index contributed by atoms with van der Waals surface area (Å²) in [5.41, 5.74) is 0.138. The summed E-state index contributed by atoms with van der Waals surface area (Å²) in [4.78, 5) is 1.54. The van der Waals surface area contributed by atoms with Crippen LogP contribution in [0.1, 0.15) is 11.6 Å². The van der Waals surface area contributed by atoms with Crippen LogP contribution in [0.2, 0.25) is 0 Å². The molecule has 4 nitrogen and oxygen atoms in total. The lowest BCUT2D eigenvalue weighted by Crippen LogP contribution is -2.51. The first-order chi connectivity index (χ1) is 10.4. The Morgan fingerprint density at radius 2 is 1.95 bits per heavy atom. The maximum Gasteiger partial charge on any atom is 0.387 e. The minimum atomic E-state index is -3.39. The molecule has 1 aliphatic heterocycles. The average molecular weight is 322 g/mol. The number of benzene rings is 1. The van der Waals surface area contributed by atoms with Crippen molar-refractivity contribution in [3.63, 3.8) is 0 Å². The van der Waals surface area contributed by atoms with Gasteiger partial charge in [-0.1, -0.05) is 12.1 Å². The molecule has 0 spiro atoms. The van der Waals surface area contributed by atoms with Crippen LogP contribution in [0.4, 0.5) is 17.6 Å². The second-order valence-electron chi connectivity index (χ2n) is 5.06. The first-order valence-corrected chi connectivity index (χ1v) is 6.92. The molecule has 0 aromatic heterocycles. The molecule has 22 heavy (non-hydrogen) atoms. The minimum Gasteiger partial charge on any atom is -0.435 e. The fraction of sp³-hybridized carbons (Fsp3) is 0.571. The van der Waals surface area contributed by atoms with E-state index < -0.39 is 25.2 Å². The number of alkyl halides is 4. The van der Waals surface area contributed by atoms with Crippen molar-refractivity contribution in [1.82, 2.24) is 10.2 Å². The maximum atomic E-state index is 14.2. The Labute approximate surface area is 125 Å². The molecular formula is C14H18F4N2O2. The van der Waals surface area contributed by atoms with Crippen LogP contribution in [0.25, 0.3) is 0 Å². The zero-order chi connectivity index (χ0) is 16.2. The van der Waals surface area contributed by atoms with Gasteiger partial charge in [0, 0.05) is 26.2 Å². The van der Waals surface area contributed by atoms with Gasteiger partial charge in [-0.05, 0) is 17.7 Å². The van der Waals surface area contributed by atoms with E-state index in [0.29, 0.717) is 26.2 Å². The van der Waals surface area contributed by atoms with Gasteiger partial charge in [0.1, 0.15) is 18.4 Å². The molecule has 0 unspecified atom stereocenters. The summed E-state index contributed by atoms with van der Waals surface area (Å²) in [5.74, 6) is -3.57. The largest absolute Gasteiger partial charge is 0.435 e. The van der Waals surface area contributed by atoms with E-state index in [9.17, 15) is 17.6 Å². The summed E-state index contributed by atoms with van der Waals surface area (Å²) < 4.78 is 57.2. The Kier molecular flexibility index (Phi) is 5.60. The van der Waals surface area contributed by atoms with Gasteiger partial charge in [0.2, 0.25) is 0 Å². The summed E-state index contributed by atoms with van der Waals surface area (Å²) in [6, 6.07) is 3.87. The molecule has 1 aromatic rings. The lowest BCUT2D eigenvalue weighted by molar-refractivity contribution is -0.118. The summed E-state index contributed by atoms with van der Waals surface area (Å²) >= 11 is 0. The normalized spacial score (nSPS) is 18.5. The van der Waals surface area contributed by atoms with Gasteiger partial charge in [0.05, 0.1) is 0 Å². The molecule has 0 saturated carbocycles. The van der Waals surface area contributed by atoms with E-state index in [1.165, 1.54) is 29.2 Å². The van der Waals surface area contributed by atoms with E-state index in [1.807, 2.05) is 0 Å². The van der Waals surface area contributed by atoms with Crippen molar-refractivity contribution in [2.45, 2.75) is 18.6 Å². The number of ether oxygens (including phenoxy) is 1. The Morgan fingerprint density at radius 1 is 1.27 bits per heavy atom. The number of nitrogens with one attached hydrogen (secondary N) is 1. The molecule has 0 aliphatic carbocycles. The monoisotopic (exact) mass is 322 g/mol. The molecule has 2 N–H and O–H groups in total. The van der Waals surface area contributed by atoms with Crippen LogP contribution in [0.3, 0.4) is 0 Å². The highest BCUT2D eigenvalue weighted by Crippen LogP contribution is 2.37. The van der Waals surface area contributed by atoms with Crippen LogP contribution in [-0.4, -0.2) is 55.3 Å². The van der Waals surface area contributed by atoms with E-state index in [-0.39, 0.29) is 11.3 Å². The fourth-order valence-corrected chi connectivity index (χ4v) is 2.61. The highest BCUT2D eigenvalue weighted by Gasteiger charge is 2.44. The molecule has 0 bridgehead atoms. The van der Waals surface area contributed by atoms with Crippen molar-refractivity contribution >= 4 is 0 Å². The minimum absolute atomic E-state index is 0.138. The van der Waals surface area contributed by atoms with Crippen LogP contribution in [0.5, 0.6) is 5.75 Å². The van der Waals surface area contributed by atoms with Gasteiger partial charge >= 0.3 is 6.61 Å². The second kappa shape index (κ2) is 7.26. The van der Waals surface area contributed by atoms with Gasteiger partial charge in [-0.3, -0.25) is 4.90 Å². The van der Waals surface area contributed by atoms with E-state index in [2.05, 4.69) is 10.1 Å². The van der Waals surface area contributed by atoms with Gasteiger partial charge in [-0.25, -0.2) is 8.78 Å². The molecule has 1 atom stereocenters. The molecule has 1 heterocycles. The van der Waals surface area contributed by atoms with Crippen molar-refractivity contribution in [2.24, 2.45) is 0 Å². The molecule has 1 aliphatic rings. The van der Waals surface area contributed by atoms with Crippen LogP contribution in [0.15, 0.2) is 24.3 Å². The van der Waals surface area contributed by atoms with Crippen molar-refractivity contribution < 1.29 is 27.4 Å². The van der Waals surface area contributed by atoms with Crippen molar-refractivity contribution in [2.75, 3.05) is 32.8 Å². The number of rotatable bonds is 6. The van der Waals surface area contributed by atoms with Crippen LogP contribution >= 0.6 is 0 Å². The lowest BCUT2D eigenvalue weighted by Gasteiger charge is -2.38. The van der Waals surface area contributed by atoms with Crippen LogP contribution in [-0.2, 0) is 0 Å². The van der Waals surface area contributed by atoms with Crippen LogP contribution < -0.4 is 10.1 Å². The van der Waals surface area contributed by atoms with Crippen molar-refractivity contribution in [1.29, 1.82) is 0 Å². The third kappa shape index (κ3) is 4.08. The van der Waals surface area contributed by atoms with Gasteiger partial charge < -0.3 is 15.2 Å². The Hall–Kier alpha value is -1.38. The van der Waals surface area contributed by atoms with Crippen molar-refractivity contribution in [3.05, 3.63) is 29.8 Å². The number of aliphatic hydroxyl groups is 1. The summed E-state index contributed by atoms with van der Waals surface area (Å²) in [7, 11) is 0. The zero-order valence-electron chi connectivity index (χ0n) is 11.8. The SMILES string of the molecule is OCC(F)(F)[C@H](c1cccc(OC(F)F)c1)N1CCNCC1. The number of halogens is 4. The third-order valence-corrected chi connectivity index (χ3v) is 3.53. The molecule has 1 fully saturated rings. The lowest BCUT2D eigenvalue weighted by atomic mass is 9.98. The molecule has 0 radical (unpaired) electrons. The predicted molar refractivity (Wildman–Crippen MR) is 72.3 cm³/mol. The fourth-order valence-electron chi connectivity index (χ4n) is 2.61. The van der Waals surface area contributed by atoms with Gasteiger partial charge in [-0.15, -0.1) is 0 Å². The zero-order valence-corrected chi connectivity index (χ0v) is 11.8. The third-order valence-electron chi connectivity index (χ3n) is 3.53. The Balaban J connectivity index is 2.31. The molecular weight excluding hydrogens is 304 g/mol. The van der Waals surface area contributed by atoms with Crippen molar-refractivity contribution in [3.8, 4) is 5.75 Å². The quantitative estimate of drug-likeness (QED) is 0.785. The summed E-state index contributed by atoms with van der Waals surface area (Å²) in [6.45, 7) is -2.50. The molecule has 0 amide bonds. The highest BCUT2D eigenvalue weighted by molar-refractivity contribution is 5.32. The molecule has 1 saturated heterocycles. The topological polar surface area (TPSA) is 44.7 Å². The highest BCUT2D eigenvalue weighted by atomic mass is 19.3. The average Bonchev–Trinajstić information content (AvgIpc) is 2.48. The first kappa shape index (κ1) is 17.0. The van der Waals surface area contributed by atoms with E-state index >= 15 is 0 Å². The molecule has 2 rings (SSSR count). The smallest absolute Gasteiger partial charge is 0.387 e. The Morgan fingerprint density at radius 3 is 2.55 bits per heavy atom. The van der Waals surface area contributed by atoms with E-state index in [0.717, 1.165) is 0 Å². The first-order valence-electron chi connectivity index (χ1n) is 6.92. The predicted octanol–water partition coefficient (Wildman–Crippen LogP) is 1.86.